The summed E-state index contributed by atoms with van der Waals surface area (Å²) in [7, 11) is 0. The second-order valence-electron chi connectivity index (χ2n) is 4.91. The summed E-state index contributed by atoms with van der Waals surface area (Å²) in [6.45, 7) is 1.93. The van der Waals surface area contributed by atoms with Gasteiger partial charge in [0.15, 0.2) is 0 Å². The normalized spacial score (nSPS) is 12.6. The molecule has 0 spiro atoms. The number of hydrogen-bond acceptors (Lipinski definition) is 2. The van der Waals surface area contributed by atoms with E-state index in [9.17, 15) is 0 Å². The number of benzene rings is 2. The molecule has 20 heavy (non-hydrogen) atoms. The van der Waals surface area contributed by atoms with Crippen LogP contribution in [0.25, 0.3) is 22.0 Å². The fourth-order valence-corrected chi connectivity index (χ4v) is 2.75. The van der Waals surface area contributed by atoms with Gasteiger partial charge in [-0.25, -0.2) is 0 Å². The van der Waals surface area contributed by atoms with Crippen LogP contribution in [0.15, 0.2) is 54.7 Å². The monoisotopic (exact) mass is 282 g/mol. The Morgan fingerprint density at radius 1 is 1.10 bits per heavy atom. The Morgan fingerprint density at radius 2 is 1.90 bits per heavy atom. The highest BCUT2D eigenvalue weighted by atomic mass is 35.5. The Bertz CT molecular complexity index is 761. The van der Waals surface area contributed by atoms with Gasteiger partial charge in [-0.3, -0.25) is 4.98 Å². The average molecular weight is 283 g/mol. The van der Waals surface area contributed by atoms with Crippen LogP contribution in [0.1, 0.15) is 18.5 Å². The number of hydrogen-bond donors (Lipinski definition) is 1. The van der Waals surface area contributed by atoms with Gasteiger partial charge in [0.2, 0.25) is 0 Å². The number of aromatic nitrogens is 1. The minimum absolute atomic E-state index is 0.0674. The van der Waals surface area contributed by atoms with Crippen molar-refractivity contribution < 1.29 is 0 Å². The van der Waals surface area contributed by atoms with Gasteiger partial charge in [-0.05, 0) is 30.2 Å². The van der Waals surface area contributed by atoms with Crippen LogP contribution < -0.4 is 5.73 Å². The van der Waals surface area contributed by atoms with Crippen molar-refractivity contribution in [1.82, 2.24) is 4.98 Å². The summed E-state index contributed by atoms with van der Waals surface area (Å²) in [6, 6.07) is 16.1. The summed E-state index contributed by atoms with van der Waals surface area (Å²) in [5.41, 5.74) is 9.99. The lowest BCUT2D eigenvalue weighted by molar-refractivity contribution is 0.819. The van der Waals surface area contributed by atoms with Gasteiger partial charge in [0.25, 0.3) is 0 Å². The zero-order valence-electron chi connectivity index (χ0n) is 11.2. The number of nitrogens with two attached hydrogens (primary N) is 1. The van der Waals surface area contributed by atoms with Gasteiger partial charge in [0.1, 0.15) is 0 Å². The minimum atomic E-state index is -0.0674. The minimum Gasteiger partial charge on any atom is -0.324 e. The van der Waals surface area contributed by atoms with Gasteiger partial charge in [-0.15, -0.1) is 0 Å². The first-order valence-electron chi connectivity index (χ1n) is 6.56. The molecule has 0 radical (unpaired) electrons. The predicted molar refractivity (Wildman–Crippen MR) is 84.8 cm³/mol. The zero-order valence-corrected chi connectivity index (χ0v) is 11.9. The summed E-state index contributed by atoms with van der Waals surface area (Å²) in [4.78, 5) is 4.48. The smallest absolute Gasteiger partial charge is 0.0780 e. The van der Waals surface area contributed by atoms with Crippen LogP contribution in [-0.2, 0) is 0 Å². The Labute approximate surface area is 123 Å². The molecule has 3 heteroatoms. The van der Waals surface area contributed by atoms with Crippen LogP contribution in [0.3, 0.4) is 0 Å². The molecule has 0 fully saturated rings. The van der Waals surface area contributed by atoms with Crippen molar-refractivity contribution >= 4 is 22.5 Å². The van der Waals surface area contributed by atoms with Crippen molar-refractivity contribution in [2.24, 2.45) is 5.73 Å². The van der Waals surface area contributed by atoms with E-state index in [4.69, 9.17) is 17.3 Å². The number of para-hydroxylation sites is 1. The summed E-state index contributed by atoms with van der Waals surface area (Å²) < 4.78 is 0. The van der Waals surface area contributed by atoms with Crippen LogP contribution in [0.5, 0.6) is 0 Å². The maximum atomic E-state index is 6.33. The Morgan fingerprint density at radius 3 is 2.65 bits per heavy atom. The molecule has 0 aliphatic rings. The number of rotatable bonds is 2. The van der Waals surface area contributed by atoms with Gasteiger partial charge in [-0.1, -0.05) is 48.0 Å². The molecule has 3 rings (SSSR count). The lowest BCUT2D eigenvalue weighted by Gasteiger charge is -2.11. The average Bonchev–Trinajstić information content (AvgIpc) is 2.46. The van der Waals surface area contributed by atoms with E-state index in [0.29, 0.717) is 5.02 Å². The van der Waals surface area contributed by atoms with E-state index >= 15 is 0 Å². The van der Waals surface area contributed by atoms with Gasteiger partial charge in [0.05, 0.1) is 5.52 Å². The maximum absolute atomic E-state index is 6.33. The van der Waals surface area contributed by atoms with Gasteiger partial charge in [0, 0.05) is 28.2 Å². The van der Waals surface area contributed by atoms with Crippen molar-refractivity contribution in [1.29, 1.82) is 0 Å². The first kappa shape index (κ1) is 13.1. The Kier molecular flexibility index (Phi) is 3.43. The highest BCUT2D eigenvalue weighted by molar-refractivity contribution is 6.31. The number of halogens is 1. The van der Waals surface area contributed by atoms with E-state index in [0.717, 1.165) is 27.6 Å². The largest absolute Gasteiger partial charge is 0.324 e. The first-order chi connectivity index (χ1) is 9.66. The molecule has 0 amide bonds. The zero-order chi connectivity index (χ0) is 14.1. The van der Waals surface area contributed by atoms with Gasteiger partial charge >= 0.3 is 0 Å². The van der Waals surface area contributed by atoms with Crippen molar-refractivity contribution in [3.8, 4) is 11.1 Å². The third kappa shape index (κ3) is 2.28. The molecule has 0 aliphatic heterocycles. The van der Waals surface area contributed by atoms with Crippen LogP contribution >= 0.6 is 11.6 Å². The molecule has 0 saturated heterocycles. The van der Waals surface area contributed by atoms with E-state index in [2.05, 4.69) is 23.2 Å². The Hall–Kier alpha value is -1.90. The quantitative estimate of drug-likeness (QED) is 0.747. The summed E-state index contributed by atoms with van der Waals surface area (Å²) in [5.74, 6) is 0. The summed E-state index contributed by atoms with van der Waals surface area (Å²) >= 11 is 6.33. The molecule has 0 aliphatic carbocycles. The summed E-state index contributed by atoms with van der Waals surface area (Å²) in [6.07, 6.45) is 1.81. The SMILES string of the molecule is CC(N)c1ccc(-c2cccc3cccnc23)cc1Cl. The number of pyridine rings is 1. The molecule has 100 valence electrons. The van der Waals surface area contributed by atoms with Gasteiger partial charge in [-0.2, -0.15) is 0 Å². The summed E-state index contributed by atoms with van der Waals surface area (Å²) in [5, 5.41) is 1.82. The lowest BCUT2D eigenvalue weighted by Crippen LogP contribution is -2.05. The molecule has 1 unspecified atom stereocenters. The highest BCUT2D eigenvalue weighted by Crippen LogP contribution is 2.31. The third-order valence-electron chi connectivity index (χ3n) is 3.43. The Balaban J connectivity index is 2.19. The van der Waals surface area contributed by atoms with E-state index in [1.54, 1.807) is 0 Å². The van der Waals surface area contributed by atoms with Crippen LogP contribution in [0.2, 0.25) is 5.02 Å². The van der Waals surface area contributed by atoms with Crippen LogP contribution in [0.4, 0.5) is 0 Å². The fourth-order valence-electron chi connectivity index (χ4n) is 2.40. The number of fused-ring (bicyclic) bond motifs is 1. The molecular formula is C17H15ClN2. The van der Waals surface area contributed by atoms with E-state index < -0.39 is 0 Å². The molecule has 1 atom stereocenters. The second-order valence-corrected chi connectivity index (χ2v) is 5.31. The van der Waals surface area contributed by atoms with E-state index in [1.165, 1.54) is 0 Å². The molecule has 1 heterocycles. The van der Waals surface area contributed by atoms with Crippen molar-refractivity contribution in [3.05, 3.63) is 65.3 Å². The molecule has 2 aromatic carbocycles. The van der Waals surface area contributed by atoms with Crippen LogP contribution in [-0.4, -0.2) is 4.98 Å². The molecule has 0 saturated carbocycles. The van der Waals surface area contributed by atoms with Gasteiger partial charge < -0.3 is 5.73 Å². The van der Waals surface area contributed by atoms with Crippen molar-refractivity contribution in [2.75, 3.05) is 0 Å². The van der Waals surface area contributed by atoms with Crippen molar-refractivity contribution in [2.45, 2.75) is 13.0 Å². The predicted octanol–water partition coefficient (Wildman–Crippen LogP) is 4.57. The van der Waals surface area contributed by atoms with E-state index in [-0.39, 0.29) is 6.04 Å². The maximum Gasteiger partial charge on any atom is 0.0780 e. The van der Waals surface area contributed by atoms with Crippen LogP contribution in [0, 0.1) is 0 Å². The lowest BCUT2D eigenvalue weighted by atomic mass is 9.99. The second kappa shape index (κ2) is 5.23. The molecule has 3 aromatic rings. The molecular weight excluding hydrogens is 268 g/mol. The number of nitrogens with zero attached hydrogens (tertiary/aromatic N) is 1. The topological polar surface area (TPSA) is 38.9 Å². The van der Waals surface area contributed by atoms with E-state index in [1.807, 2.05) is 43.5 Å². The molecule has 2 nitrogen and oxygen atoms in total. The molecule has 1 aromatic heterocycles. The highest BCUT2D eigenvalue weighted by Gasteiger charge is 2.09. The third-order valence-corrected chi connectivity index (χ3v) is 3.76. The fraction of sp³-hybridized carbons (Fsp3) is 0.118. The first-order valence-corrected chi connectivity index (χ1v) is 6.94. The van der Waals surface area contributed by atoms with Crippen molar-refractivity contribution in [3.63, 3.8) is 0 Å². The molecule has 2 N–H and O–H groups in total. The standard InChI is InChI=1S/C17H15ClN2/c1-11(19)14-8-7-13(10-16(14)18)15-6-2-4-12-5-3-9-20-17(12)15/h2-11H,19H2,1H3. The molecule has 0 bridgehead atoms.